The van der Waals surface area contributed by atoms with Crippen LogP contribution in [0, 0.1) is 0 Å². The van der Waals surface area contributed by atoms with Crippen molar-refractivity contribution in [2.75, 3.05) is 28.2 Å². The Bertz CT molecular complexity index is 1900. The molecule has 4 aromatic rings. The number of rotatable bonds is 8. The fraction of sp³-hybridized carbons (Fsp3) is 0.526. The second-order valence-corrected chi connectivity index (χ2v) is 21.0. The predicted octanol–water partition coefficient (Wildman–Crippen LogP) is 3.35. The van der Waals surface area contributed by atoms with E-state index in [1.807, 2.05) is 45.8 Å². The Morgan fingerprint density at radius 3 is 1.07 bits per heavy atom. The van der Waals surface area contributed by atoms with E-state index in [4.69, 9.17) is 36.5 Å². The number of thiophene rings is 4. The van der Waals surface area contributed by atoms with Gasteiger partial charge < -0.3 is 47.2 Å². The fourth-order valence-electron chi connectivity index (χ4n) is 9.66. The molecule has 57 heavy (non-hydrogen) atoms. The van der Waals surface area contributed by atoms with Crippen LogP contribution < -0.4 is 0 Å². The summed E-state index contributed by atoms with van der Waals surface area (Å²) in [5, 5.41) is 30.2. The maximum absolute atomic E-state index is 13.1. The normalized spacial score (nSPS) is 32.4. The lowest BCUT2D eigenvalue weighted by molar-refractivity contribution is -0.938. The van der Waals surface area contributed by atoms with Crippen molar-refractivity contribution in [1.82, 2.24) is 0 Å². The maximum Gasteiger partial charge on any atom is 0.349 e. The summed E-state index contributed by atoms with van der Waals surface area (Å²) < 4.78 is 59.4. The van der Waals surface area contributed by atoms with Crippen LogP contribution in [0.1, 0.15) is 45.2 Å². The summed E-state index contributed by atoms with van der Waals surface area (Å²) in [6.45, 7) is 0. The van der Waals surface area contributed by atoms with Crippen LogP contribution in [0.5, 0.6) is 0 Å². The highest BCUT2D eigenvalue weighted by molar-refractivity contribution is 7.79. The molecule has 308 valence electrons. The molecular weight excluding hydrogens is 837 g/mol. The Morgan fingerprint density at radius 1 is 0.614 bits per heavy atom. The number of morpholine rings is 2. The van der Waals surface area contributed by atoms with Gasteiger partial charge in [0, 0.05) is 36.1 Å². The SMILES string of the molecule is C[N+]1(C)[C@@H]2CC(OC(=O)C(O)(c3cccs3)c3cccs3)C[C@H]1[C@H]1O[C@H]12.C[N+]1(C)[C@@H]2CC(OC(=O)C(O)(c3cccs3)c3cccs3)C[C@H]1[C@H]1O[C@H]12.O=S(=O)([O-])[O-]. The number of nitrogens with zero attached hydrogens (tertiary/aromatic N) is 2. The van der Waals surface area contributed by atoms with Crippen LogP contribution in [-0.2, 0) is 50.1 Å². The van der Waals surface area contributed by atoms with E-state index in [0.717, 1.165) is 34.6 Å². The standard InChI is InChI=1S/2C19H22NO4S2.H2O4S/c2*1-20(2)12-9-11(10-13(20)17-16(12)24-17)23-18(21)19(22,14-5-3-7-25-14)15-6-4-8-26-15;1-5(2,3)4/h2*3-8,11-13,16-17,22H,9-10H2,1-2H3;(H2,1,2,3,4)/q2*+1;/p-2/t2*11?,12-,13+,16+,17-;. The van der Waals surface area contributed by atoms with Gasteiger partial charge in [0.2, 0.25) is 11.2 Å². The monoisotopic (exact) mass is 880 g/mol. The lowest BCUT2D eigenvalue weighted by Gasteiger charge is -2.45. The van der Waals surface area contributed by atoms with E-state index in [2.05, 4.69) is 28.2 Å². The first-order valence-corrected chi connectivity index (χ1v) is 23.4. The molecule has 19 heteroatoms. The minimum Gasteiger partial charge on any atom is -0.759 e. The van der Waals surface area contributed by atoms with Crippen LogP contribution in [0.2, 0.25) is 0 Å². The zero-order valence-corrected chi connectivity index (χ0v) is 35.5. The van der Waals surface area contributed by atoms with Crippen LogP contribution >= 0.6 is 45.3 Å². The molecule has 0 aromatic carbocycles. The number of esters is 2. The number of ether oxygens (including phenoxy) is 4. The number of epoxide rings is 2. The van der Waals surface area contributed by atoms with Crippen molar-refractivity contribution in [2.45, 2.75) is 97.7 Å². The minimum absolute atomic E-state index is 0.161. The summed E-state index contributed by atoms with van der Waals surface area (Å²) in [6.07, 6.45) is 4.10. The van der Waals surface area contributed by atoms with Gasteiger partial charge >= 0.3 is 11.9 Å². The van der Waals surface area contributed by atoms with Crippen molar-refractivity contribution in [1.29, 1.82) is 0 Å². The van der Waals surface area contributed by atoms with E-state index in [-0.39, 0.29) is 12.2 Å². The van der Waals surface area contributed by atoms with E-state index in [1.54, 1.807) is 24.3 Å². The third-order valence-corrected chi connectivity index (χ3v) is 16.6. The Hall–Kier alpha value is -2.63. The topological polar surface area (TPSA) is 198 Å². The molecule has 2 N–H and O–H groups in total. The first-order chi connectivity index (χ1) is 26.8. The molecule has 0 saturated carbocycles. The van der Waals surface area contributed by atoms with Gasteiger partial charge in [-0.05, 0) is 45.8 Å². The maximum atomic E-state index is 13.1. The molecule has 0 amide bonds. The smallest absolute Gasteiger partial charge is 0.349 e. The average molecular weight is 881 g/mol. The molecule has 14 nitrogen and oxygen atoms in total. The Labute approximate surface area is 346 Å². The molecule has 2 unspecified atom stereocenters. The van der Waals surface area contributed by atoms with Crippen LogP contribution in [0.4, 0.5) is 0 Å². The summed E-state index contributed by atoms with van der Waals surface area (Å²) >= 11 is 5.49. The lowest BCUT2D eigenvalue weighted by Crippen LogP contribution is -2.60. The molecule has 10 atom stereocenters. The van der Waals surface area contributed by atoms with E-state index < -0.39 is 33.5 Å². The predicted molar refractivity (Wildman–Crippen MR) is 209 cm³/mol. The Balaban J connectivity index is 0.000000143. The molecule has 4 aromatic heterocycles. The van der Waals surface area contributed by atoms with Crippen molar-refractivity contribution in [3.63, 3.8) is 0 Å². The highest BCUT2D eigenvalue weighted by Gasteiger charge is 2.72. The third-order valence-electron chi connectivity index (χ3n) is 12.7. The summed E-state index contributed by atoms with van der Waals surface area (Å²) in [5.41, 5.74) is -3.44. The van der Waals surface area contributed by atoms with Crippen LogP contribution in [0.25, 0.3) is 0 Å². The van der Waals surface area contributed by atoms with E-state index >= 15 is 0 Å². The van der Waals surface area contributed by atoms with E-state index in [0.29, 0.717) is 68.1 Å². The summed E-state index contributed by atoms with van der Waals surface area (Å²) in [7, 11) is 3.82. The molecule has 6 fully saturated rings. The number of quaternary nitrogens is 2. The number of hydrogen-bond donors (Lipinski definition) is 2. The molecule has 10 rings (SSSR count). The molecule has 0 aliphatic carbocycles. The third kappa shape index (κ3) is 7.46. The van der Waals surface area contributed by atoms with Crippen LogP contribution in [0.15, 0.2) is 70.1 Å². The molecule has 6 aliphatic rings. The molecule has 6 aliphatic heterocycles. The number of fused-ring (bicyclic) bond motifs is 10. The highest BCUT2D eigenvalue weighted by atomic mass is 32.3. The van der Waals surface area contributed by atoms with Gasteiger partial charge in [-0.25, -0.2) is 9.59 Å². The fourth-order valence-corrected chi connectivity index (χ4v) is 13.1. The number of hydrogen-bond acceptors (Lipinski definition) is 16. The van der Waals surface area contributed by atoms with Crippen LogP contribution in [0.3, 0.4) is 0 Å². The second-order valence-electron chi connectivity index (χ2n) is 16.4. The van der Waals surface area contributed by atoms with E-state index in [9.17, 15) is 19.8 Å². The van der Waals surface area contributed by atoms with Crippen molar-refractivity contribution in [3.8, 4) is 0 Å². The van der Waals surface area contributed by atoms with Crippen molar-refractivity contribution in [3.05, 3.63) is 89.6 Å². The van der Waals surface area contributed by atoms with Gasteiger partial charge in [0.05, 0.1) is 47.7 Å². The second kappa shape index (κ2) is 14.8. The van der Waals surface area contributed by atoms with Gasteiger partial charge in [0.15, 0.2) is 0 Å². The molecule has 0 spiro atoms. The molecule has 4 bridgehead atoms. The number of carbonyl (C=O) groups excluding carboxylic acids is 2. The number of piperidine rings is 2. The summed E-state index contributed by atoms with van der Waals surface area (Å²) in [6, 6.07) is 16.0. The zero-order chi connectivity index (χ0) is 40.7. The summed E-state index contributed by atoms with van der Waals surface area (Å²) in [4.78, 5) is 28.7. The first kappa shape index (κ1) is 41.1. The van der Waals surface area contributed by atoms with Crippen molar-refractivity contribution < 1.29 is 65.2 Å². The summed E-state index contributed by atoms with van der Waals surface area (Å²) in [5.74, 6) is -1.12. The quantitative estimate of drug-likeness (QED) is 0.0862. The number of aliphatic hydroxyl groups is 2. The van der Waals surface area contributed by atoms with Gasteiger partial charge in [-0.1, -0.05) is 24.3 Å². The van der Waals surface area contributed by atoms with Gasteiger partial charge in [0.25, 0.3) is 0 Å². The van der Waals surface area contributed by atoms with Crippen molar-refractivity contribution >= 4 is 67.7 Å². The van der Waals surface area contributed by atoms with Gasteiger partial charge in [-0.15, -0.1) is 45.3 Å². The average Bonchev–Trinajstić information content (AvgIpc) is 3.59. The first-order valence-electron chi connectivity index (χ1n) is 18.5. The molecule has 10 heterocycles. The van der Waals surface area contributed by atoms with E-state index in [1.165, 1.54) is 45.3 Å². The minimum atomic E-state index is -5.17. The molecule has 0 radical (unpaired) electrons. The van der Waals surface area contributed by atoms with Crippen LogP contribution in [-0.4, -0.2) is 138 Å². The number of likely N-dealkylation sites (N-methyl/N-ethyl adjacent to an activating group) is 2. The van der Waals surface area contributed by atoms with Crippen molar-refractivity contribution in [2.24, 2.45) is 0 Å². The molecule has 6 saturated heterocycles. The van der Waals surface area contributed by atoms with Gasteiger partial charge in [-0.2, -0.15) is 0 Å². The zero-order valence-electron chi connectivity index (χ0n) is 31.4. The number of carbonyl (C=O) groups is 2. The largest absolute Gasteiger partial charge is 0.759 e. The van der Waals surface area contributed by atoms with Gasteiger partial charge in [-0.3, -0.25) is 8.42 Å². The lowest BCUT2D eigenvalue weighted by atomic mass is 9.95. The van der Waals surface area contributed by atoms with Gasteiger partial charge in [0.1, 0.15) is 60.8 Å². The highest BCUT2D eigenvalue weighted by Crippen LogP contribution is 2.53. The Morgan fingerprint density at radius 2 is 0.860 bits per heavy atom. The molecular formula is C38H44N2O12S5. The Kier molecular flexibility index (Phi) is 10.7.